The minimum absolute atomic E-state index is 0.187. The highest BCUT2D eigenvalue weighted by Crippen LogP contribution is 2.31. The summed E-state index contributed by atoms with van der Waals surface area (Å²) in [6.45, 7) is 0.713. The van der Waals surface area contributed by atoms with Crippen LogP contribution in [0.2, 0.25) is 0 Å². The van der Waals surface area contributed by atoms with E-state index in [0.717, 1.165) is 5.56 Å². The van der Waals surface area contributed by atoms with E-state index in [-0.39, 0.29) is 29.7 Å². The molecule has 1 aromatic carbocycles. The fourth-order valence-electron chi connectivity index (χ4n) is 3.97. The first-order chi connectivity index (χ1) is 16.0. The predicted molar refractivity (Wildman–Crippen MR) is 116 cm³/mol. The van der Waals surface area contributed by atoms with Crippen molar-refractivity contribution in [3.8, 4) is 23.1 Å². The van der Waals surface area contributed by atoms with Crippen molar-refractivity contribution < 1.29 is 13.9 Å². The number of hydrogen-bond acceptors (Lipinski definition) is 7. The Morgan fingerprint density at radius 1 is 1.39 bits per heavy atom. The molecule has 0 unspecified atom stereocenters. The van der Waals surface area contributed by atoms with Crippen molar-refractivity contribution in [2.45, 2.75) is 13.0 Å². The Labute approximate surface area is 187 Å². The van der Waals surface area contributed by atoms with Crippen LogP contribution in [0.15, 0.2) is 30.6 Å². The van der Waals surface area contributed by atoms with Gasteiger partial charge in [0.2, 0.25) is 5.95 Å². The number of nitrogens with one attached hydrogen (secondary N) is 2. The molecule has 4 heterocycles. The van der Waals surface area contributed by atoms with Crippen LogP contribution in [0.4, 0.5) is 10.3 Å². The lowest BCUT2D eigenvalue weighted by atomic mass is 10.0. The van der Waals surface area contributed by atoms with Crippen molar-refractivity contribution in [1.29, 1.82) is 5.26 Å². The van der Waals surface area contributed by atoms with Gasteiger partial charge in [0.15, 0.2) is 17.0 Å². The largest absolute Gasteiger partial charge is 0.493 e. The number of imidazole rings is 1. The Morgan fingerprint density at radius 2 is 2.24 bits per heavy atom. The van der Waals surface area contributed by atoms with Gasteiger partial charge in [-0.2, -0.15) is 10.4 Å². The van der Waals surface area contributed by atoms with Crippen molar-refractivity contribution in [2.75, 3.05) is 19.0 Å². The van der Waals surface area contributed by atoms with Crippen molar-refractivity contribution in [3.63, 3.8) is 0 Å². The SMILES string of the molecule is CNC(=O)c1cc(-c2cnc(NCc3c(F)ccc4c3CCO4)n3cc(C#N)nc23)n(C)n1. The lowest BCUT2D eigenvalue weighted by Gasteiger charge is -2.13. The number of fused-ring (bicyclic) bond motifs is 2. The summed E-state index contributed by atoms with van der Waals surface area (Å²) in [5.41, 5.74) is 3.46. The number of amides is 1. The molecule has 2 N–H and O–H groups in total. The van der Waals surface area contributed by atoms with Crippen LogP contribution in [-0.2, 0) is 20.0 Å². The Bertz CT molecular complexity index is 1450. The average molecular weight is 446 g/mol. The van der Waals surface area contributed by atoms with Gasteiger partial charge in [0.05, 0.1) is 24.1 Å². The van der Waals surface area contributed by atoms with Crippen LogP contribution in [0.3, 0.4) is 0 Å². The van der Waals surface area contributed by atoms with E-state index in [1.165, 1.54) is 13.1 Å². The number of aromatic nitrogens is 5. The van der Waals surface area contributed by atoms with Crippen LogP contribution in [0.25, 0.3) is 16.9 Å². The second kappa shape index (κ2) is 7.90. The van der Waals surface area contributed by atoms with Gasteiger partial charge in [0.25, 0.3) is 5.91 Å². The zero-order chi connectivity index (χ0) is 23.1. The maximum Gasteiger partial charge on any atom is 0.271 e. The number of aryl methyl sites for hydroxylation is 1. The van der Waals surface area contributed by atoms with E-state index in [1.807, 2.05) is 6.07 Å². The average Bonchev–Trinajstić information content (AvgIpc) is 3.55. The number of benzene rings is 1. The van der Waals surface area contributed by atoms with Crippen LogP contribution in [0, 0.1) is 17.1 Å². The molecule has 0 atom stereocenters. The monoisotopic (exact) mass is 446 g/mol. The molecule has 1 aliphatic heterocycles. The van der Waals surface area contributed by atoms with Crippen LogP contribution in [0.1, 0.15) is 27.3 Å². The third-order valence-corrected chi connectivity index (χ3v) is 5.58. The molecule has 166 valence electrons. The van der Waals surface area contributed by atoms with Crippen LogP contribution in [-0.4, -0.2) is 43.7 Å². The van der Waals surface area contributed by atoms with Gasteiger partial charge in [0, 0.05) is 44.4 Å². The lowest BCUT2D eigenvalue weighted by Crippen LogP contribution is -2.18. The molecule has 1 aliphatic rings. The minimum Gasteiger partial charge on any atom is -0.493 e. The zero-order valence-corrected chi connectivity index (χ0v) is 17.9. The van der Waals surface area contributed by atoms with E-state index in [0.29, 0.717) is 47.2 Å². The molecule has 5 rings (SSSR count). The first-order valence-corrected chi connectivity index (χ1v) is 10.2. The second-order valence-corrected chi connectivity index (χ2v) is 7.50. The molecule has 1 amide bonds. The molecule has 0 saturated carbocycles. The van der Waals surface area contributed by atoms with E-state index >= 15 is 0 Å². The maximum absolute atomic E-state index is 14.5. The Morgan fingerprint density at radius 3 is 3.03 bits per heavy atom. The number of nitriles is 1. The number of halogens is 1. The fourth-order valence-corrected chi connectivity index (χ4v) is 3.97. The van der Waals surface area contributed by atoms with Gasteiger partial charge < -0.3 is 15.4 Å². The Hall–Kier alpha value is -4.46. The normalized spacial score (nSPS) is 12.3. The molecule has 11 heteroatoms. The molecule has 10 nitrogen and oxygen atoms in total. The van der Waals surface area contributed by atoms with Gasteiger partial charge in [-0.15, -0.1) is 0 Å². The van der Waals surface area contributed by atoms with Crippen molar-refractivity contribution in [3.05, 3.63) is 58.9 Å². The summed E-state index contributed by atoms with van der Waals surface area (Å²) < 4.78 is 23.3. The number of anilines is 1. The number of carbonyl (C=O) groups is 1. The molecule has 0 fully saturated rings. The van der Waals surface area contributed by atoms with Crippen molar-refractivity contribution >= 4 is 17.5 Å². The van der Waals surface area contributed by atoms with Crippen LogP contribution < -0.4 is 15.4 Å². The van der Waals surface area contributed by atoms with E-state index in [2.05, 4.69) is 25.7 Å². The summed E-state index contributed by atoms with van der Waals surface area (Å²) in [4.78, 5) is 20.9. The van der Waals surface area contributed by atoms with E-state index in [1.54, 1.807) is 40.7 Å². The molecule has 0 spiro atoms. The number of rotatable bonds is 5. The molecule has 3 aromatic heterocycles. The number of carbonyl (C=O) groups excluding carboxylic acids is 1. The standard InChI is InChI=1S/C22H19FN8O2/c1-25-21(32)17-7-18(30(2)29-17)15-10-27-22(31-11-12(8-24)28-20(15)31)26-9-14-13-5-6-33-19(13)4-3-16(14)23/h3-4,7,10-11H,5-6,9H2,1-2H3,(H,25,32)(H,26,27). The highest BCUT2D eigenvalue weighted by atomic mass is 19.1. The molecule has 0 aliphatic carbocycles. The van der Waals surface area contributed by atoms with Crippen molar-refractivity contribution in [1.82, 2.24) is 29.5 Å². The molecule has 0 radical (unpaired) electrons. The second-order valence-electron chi connectivity index (χ2n) is 7.50. The number of nitrogens with zero attached hydrogens (tertiary/aromatic N) is 6. The van der Waals surface area contributed by atoms with Crippen LogP contribution >= 0.6 is 0 Å². The smallest absolute Gasteiger partial charge is 0.271 e. The number of hydrogen-bond donors (Lipinski definition) is 2. The van der Waals surface area contributed by atoms with E-state index < -0.39 is 0 Å². The predicted octanol–water partition coefficient (Wildman–Crippen LogP) is 2.05. The Kier molecular flexibility index (Phi) is 4.90. The third-order valence-electron chi connectivity index (χ3n) is 5.58. The fraction of sp³-hybridized carbons (Fsp3) is 0.227. The highest BCUT2D eigenvalue weighted by molar-refractivity contribution is 5.93. The zero-order valence-electron chi connectivity index (χ0n) is 17.9. The molecule has 33 heavy (non-hydrogen) atoms. The molecular weight excluding hydrogens is 427 g/mol. The van der Waals surface area contributed by atoms with Gasteiger partial charge in [-0.1, -0.05) is 0 Å². The quantitative estimate of drug-likeness (QED) is 0.481. The van der Waals surface area contributed by atoms with E-state index in [4.69, 9.17) is 4.74 Å². The van der Waals surface area contributed by atoms with Crippen molar-refractivity contribution in [2.24, 2.45) is 7.05 Å². The maximum atomic E-state index is 14.5. The summed E-state index contributed by atoms with van der Waals surface area (Å²) in [5.74, 6) is 0.452. The first-order valence-electron chi connectivity index (χ1n) is 10.2. The molecule has 0 bridgehead atoms. The Balaban J connectivity index is 1.55. The van der Waals surface area contributed by atoms with Gasteiger partial charge >= 0.3 is 0 Å². The van der Waals surface area contributed by atoms with E-state index in [9.17, 15) is 14.4 Å². The van der Waals surface area contributed by atoms with Gasteiger partial charge in [0.1, 0.15) is 17.6 Å². The summed E-state index contributed by atoms with van der Waals surface area (Å²) in [6.07, 6.45) is 3.79. The van der Waals surface area contributed by atoms with Gasteiger partial charge in [-0.25, -0.2) is 14.4 Å². The topological polar surface area (TPSA) is 122 Å². The summed E-state index contributed by atoms with van der Waals surface area (Å²) in [5, 5.41) is 19.3. The summed E-state index contributed by atoms with van der Waals surface area (Å²) >= 11 is 0. The molecular formula is C22H19FN8O2. The lowest BCUT2D eigenvalue weighted by molar-refractivity contribution is 0.0957. The van der Waals surface area contributed by atoms with Gasteiger partial charge in [-0.05, 0) is 18.2 Å². The third kappa shape index (κ3) is 3.41. The van der Waals surface area contributed by atoms with Gasteiger partial charge in [-0.3, -0.25) is 13.9 Å². The number of ether oxygens (including phenoxy) is 1. The molecule has 4 aromatic rings. The first kappa shape index (κ1) is 20.4. The molecule has 0 saturated heterocycles. The van der Waals surface area contributed by atoms with Crippen LogP contribution in [0.5, 0.6) is 5.75 Å². The summed E-state index contributed by atoms with van der Waals surface area (Å²) in [7, 11) is 3.24. The minimum atomic E-state index is -0.320. The summed E-state index contributed by atoms with van der Waals surface area (Å²) in [6, 6.07) is 6.70. The highest BCUT2D eigenvalue weighted by Gasteiger charge is 2.21.